The zero-order valence-corrected chi connectivity index (χ0v) is 13.4. The van der Waals surface area contributed by atoms with E-state index in [2.05, 4.69) is 25.8 Å². The van der Waals surface area contributed by atoms with Crippen LogP contribution in [-0.4, -0.2) is 51.2 Å². The summed E-state index contributed by atoms with van der Waals surface area (Å²) in [5, 5.41) is 14.3. The molecular formula is C13H12ClF4N7. The van der Waals surface area contributed by atoms with Crippen molar-refractivity contribution in [1.82, 2.24) is 30.3 Å². The van der Waals surface area contributed by atoms with Crippen molar-refractivity contribution in [3.63, 3.8) is 0 Å². The molecule has 7 nitrogen and oxygen atoms in total. The molecule has 12 heteroatoms. The second-order valence-electron chi connectivity index (χ2n) is 5.41. The number of nitrogens with zero attached hydrogens (tertiary/aromatic N) is 6. The van der Waals surface area contributed by atoms with Crippen LogP contribution >= 0.6 is 12.4 Å². The summed E-state index contributed by atoms with van der Waals surface area (Å²) < 4.78 is 53.8. The quantitative estimate of drug-likeness (QED) is 0.650. The molecule has 1 N–H and O–H groups in total. The van der Waals surface area contributed by atoms with Crippen LogP contribution in [-0.2, 0) is 6.18 Å². The lowest BCUT2D eigenvalue weighted by Crippen LogP contribution is -2.44. The summed E-state index contributed by atoms with van der Waals surface area (Å²) in [6.45, 7) is 2.75. The molecule has 0 radical (unpaired) electrons. The van der Waals surface area contributed by atoms with Crippen LogP contribution in [0.5, 0.6) is 0 Å². The molecule has 0 atom stereocenters. The Morgan fingerprint density at radius 1 is 1.12 bits per heavy atom. The minimum absolute atomic E-state index is 0. The van der Waals surface area contributed by atoms with Crippen molar-refractivity contribution in [2.45, 2.75) is 6.18 Å². The average Bonchev–Trinajstić information content (AvgIpc) is 3.03. The molecule has 2 aromatic heterocycles. The molecular weight excluding hydrogens is 366 g/mol. The number of piperazine rings is 1. The van der Waals surface area contributed by atoms with Gasteiger partial charge in [0, 0.05) is 32.2 Å². The van der Waals surface area contributed by atoms with E-state index in [0.29, 0.717) is 25.0 Å². The van der Waals surface area contributed by atoms with Crippen molar-refractivity contribution in [2.75, 3.05) is 31.1 Å². The molecule has 1 fully saturated rings. The molecule has 3 heterocycles. The summed E-state index contributed by atoms with van der Waals surface area (Å²) in [5.74, 6) is -0.950. The Labute approximate surface area is 144 Å². The normalized spacial score (nSPS) is 15.6. The monoisotopic (exact) mass is 377 g/mol. The fraction of sp³-hybridized carbons (Fsp3) is 0.385. The fourth-order valence-corrected chi connectivity index (χ4v) is 2.77. The van der Waals surface area contributed by atoms with E-state index in [0.717, 1.165) is 23.7 Å². The average molecular weight is 378 g/mol. The number of rotatable bonds is 1. The summed E-state index contributed by atoms with van der Waals surface area (Å²) in [4.78, 5) is 6.22. The van der Waals surface area contributed by atoms with E-state index < -0.39 is 17.6 Å². The van der Waals surface area contributed by atoms with Gasteiger partial charge >= 0.3 is 6.18 Å². The number of nitrogens with one attached hydrogen (secondary N) is 1. The number of alkyl halides is 3. The fourth-order valence-electron chi connectivity index (χ4n) is 2.77. The van der Waals surface area contributed by atoms with Gasteiger partial charge in [0.1, 0.15) is 5.82 Å². The smallest absolute Gasteiger partial charge is 0.351 e. The maximum atomic E-state index is 13.9. The highest BCUT2D eigenvalue weighted by Crippen LogP contribution is 2.34. The lowest BCUT2D eigenvalue weighted by Gasteiger charge is -2.28. The van der Waals surface area contributed by atoms with Gasteiger partial charge in [-0.3, -0.25) is 0 Å². The van der Waals surface area contributed by atoms with E-state index in [4.69, 9.17) is 0 Å². The van der Waals surface area contributed by atoms with Crippen LogP contribution < -0.4 is 10.2 Å². The van der Waals surface area contributed by atoms with Crippen LogP contribution in [0, 0.1) is 5.82 Å². The van der Waals surface area contributed by atoms with Crippen molar-refractivity contribution >= 4 is 34.9 Å². The third-order valence-electron chi connectivity index (χ3n) is 3.91. The Kier molecular flexibility index (Phi) is 4.37. The first-order chi connectivity index (χ1) is 11.4. The largest absolute Gasteiger partial charge is 0.419 e. The van der Waals surface area contributed by atoms with E-state index in [9.17, 15) is 17.6 Å². The summed E-state index contributed by atoms with van der Waals surface area (Å²) in [6, 6.07) is 1.45. The van der Waals surface area contributed by atoms with Crippen LogP contribution in [0.25, 0.3) is 16.7 Å². The molecule has 0 spiro atoms. The van der Waals surface area contributed by atoms with E-state index in [1.807, 2.05) is 4.90 Å². The summed E-state index contributed by atoms with van der Waals surface area (Å²) >= 11 is 0. The van der Waals surface area contributed by atoms with Gasteiger partial charge in [0.25, 0.3) is 0 Å². The Hall–Kier alpha value is -2.27. The van der Waals surface area contributed by atoms with Crippen molar-refractivity contribution in [3.8, 4) is 0 Å². The summed E-state index contributed by atoms with van der Waals surface area (Å²) in [6.07, 6.45) is -4.81. The number of hydrogen-bond acceptors (Lipinski definition) is 6. The van der Waals surface area contributed by atoms with Gasteiger partial charge in [0.2, 0.25) is 5.65 Å². The Morgan fingerprint density at radius 3 is 2.52 bits per heavy atom. The first kappa shape index (κ1) is 17.5. The Balaban J connectivity index is 0.00000182. The molecule has 4 rings (SSSR count). The third-order valence-corrected chi connectivity index (χ3v) is 3.91. The van der Waals surface area contributed by atoms with Crippen molar-refractivity contribution in [1.29, 1.82) is 0 Å². The Morgan fingerprint density at radius 2 is 1.84 bits per heavy atom. The van der Waals surface area contributed by atoms with Gasteiger partial charge < -0.3 is 10.2 Å². The van der Waals surface area contributed by atoms with Gasteiger partial charge in [0.15, 0.2) is 5.82 Å². The van der Waals surface area contributed by atoms with Crippen molar-refractivity contribution in [2.24, 2.45) is 0 Å². The van der Waals surface area contributed by atoms with Gasteiger partial charge in [-0.15, -0.1) is 17.5 Å². The molecule has 0 aliphatic carbocycles. The first-order valence-corrected chi connectivity index (χ1v) is 7.19. The maximum Gasteiger partial charge on any atom is 0.419 e. The molecule has 3 aromatic rings. The molecule has 1 aliphatic rings. The SMILES string of the molecule is Cl.Fc1cc2nc(N3CCNCC3)c3nnnn3c2cc1C(F)(F)F. The number of aromatic nitrogens is 5. The molecule has 1 aliphatic heterocycles. The zero-order valence-electron chi connectivity index (χ0n) is 12.6. The topological polar surface area (TPSA) is 71.2 Å². The van der Waals surface area contributed by atoms with Crippen molar-refractivity contribution < 1.29 is 17.6 Å². The van der Waals surface area contributed by atoms with Gasteiger partial charge in [-0.25, -0.2) is 9.37 Å². The van der Waals surface area contributed by atoms with E-state index in [1.165, 1.54) is 0 Å². The highest BCUT2D eigenvalue weighted by molar-refractivity contribution is 5.85. The molecule has 1 saturated heterocycles. The standard InChI is InChI=1S/C13H11F4N7.ClH/c14-8-6-9-10(5-7(8)13(15,16)17)24-12(20-21-22-24)11(19-9)23-3-1-18-2-4-23;/h5-6,18H,1-4H2;1H. The lowest BCUT2D eigenvalue weighted by molar-refractivity contribution is -0.139. The molecule has 25 heavy (non-hydrogen) atoms. The highest BCUT2D eigenvalue weighted by Gasteiger charge is 2.35. The predicted molar refractivity (Wildman–Crippen MR) is 83.4 cm³/mol. The van der Waals surface area contributed by atoms with Crippen LogP contribution in [0.1, 0.15) is 5.56 Å². The summed E-state index contributed by atoms with van der Waals surface area (Å²) in [7, 11) is 0. The second-order valence-corrected chi connectivity index (χ2v) is 5.41. The third kappa shape index (κ3) is 2.93. The van der Waals surface area contributed by atoms with Crippen molar-refractivity contribution in [3.05, 3.63) is 23.5 Å². The molecule has 0 unspecified atom stereocenters. The van der Waals surface area contributed by atoms with Gasteiger partial charge in [0.05, 0.1) is 16.6 Å². The molecule has 0 saturated carbocycles. The highest BCUT2D eigenvalue weighted by atomic mass is 35.5. The number of tetrazole rings is 1. The van der Waals surface area contributed by atoms with Gasteiger partial charge in [-0.05, 0) is 16.5 Å². The van der Waals surface area contributed by atoms with E-state index in [-0.39, 0.29) is 29.1 Å². The molecule has 0 bridgehead atoms. The second kappa shape index (κ2) is 6.23. The molecule has 0 amide bonds. The van der Waals surface area contributed by atoms with Gasteiger partial charge in [-0.2, -0.15) is 17.7 Å². The number of halogens is 5. The molecule has 134 valence electrons. The minimum Gasteiger partial charge on any atom is -0.351 e. The van der Waals surface area contributed by atoms with E-state index >= 15 is 0 Å². The predicted octanol–water partition coefficient (Wildman–Crippen LogP) is 1.66. The number of benzene rings is 1. The number of fused-ring (bicyclic) bond motifs is 3. The van der Waals surface area contributed by atoms with Crippen LogP contribution in [0.15, 0.2) is 12.1 Å². The van der Waals surface area contributed by atoms with Crippen LogP contribution in [0.2, 0.25) is 0 Å². The minimum atomic E-state index is -4.81. The van der Waals surface area contributed by atoms with Crippen LogP contribution in [0.4, 0.5) is 23.4 Å². The summed E-state index contributed by atoms with van der Waals surface area (Å²) in [5.41, 5.74) is -1.07. The zero-order chi connectivity index (χ0) is 16.9. The first-order valence-electron chi connectivity index (χ1n) is 7.19. The Bertz CT molecular complexity index is 920. The molecule has 1 aromatic carbocycles. The van der Waals surface area contributed by atoms with Crippen LogP contribution in [0.3, 0.4) is 0 Å². The lowest BCUT2D eigenvalue weighted by atomic mass is 10.1. The maximum absolute atomic E-state index is 13.9. The number of anilines is 1. The number of hydrogen-bond donors (Lipinski definition) is 1. The van der Waals surface area contributed by atoms with E-state index in [1.54, 1.807) is 0 Å². The van der Waals surface area contributed by atoms with Gasteiger partial charge in [-0.1, -0.05) is 0 Å².